The van der Waals surface area contributed by atoms with Crippen molar-refractivity contribution in [3.8, 4) is 0 Å². The minimum atomic E-state index is -0.262. The van der Waals surface area contributed by atoms with E-state index in [1.807, 2.05) is 24.3 Å². The molecule has 0 radical (unpaired) electrons. The van der Waals surface area contributed by atoms with Gasteiger partial charge in [0.2, 0.25) is 17.7 Å². The molecule has 1 aromatic carbocycles. The van der Waals surface area contributed by atoms with Crippen molar-refractivity contribution in [2.45, 2.75) is 52.0 Å². The minimum absolute atomic E-state index is 0.0197. The number of hydrogen-bond acceptors (Lipinski definition) is 4. The van der Waals surface area contributed by atoms with Crippen molar-refractivity contribution < 1.29 is 9.21 Å². The molecule has 6 heteroatoms. The van der Waals surface area contributed by atoms with Crippen molar-refractivity contribution in [1.29, 1.82) is 0 Å². The first-order chi connectivity index (χ1) is 11.9. The molecule has 1 heterocycles. The van der Waals surface area contributed by atoms with Crippen molar-refractivity contribution in [3.05, 3.63) is 46.6 Å². The highest BCUT2D eigenvalue weighted by atomic mass is 35.5. The number of halogens is 1. The Balaban J connectivity index is 1.79. The molecule has 2 aromatic rings. The number of hydrogen-bond donors (Lipinski definition) is 1. The standard InChI is InChI=1S/C19H24ClN3O2/c1-11(2)10-16(19-23-22-12(3)25-19)21-18(24)17(13-4-5-13)14-6-8-15(20)9-7-14/h6-9,11,13,16-17H,4-5,10H2,1-3H3,(H,21,24). The van der Waals surface area contributed by atoms with Crippen molar-refractivity contribution in [3.63, 3.8) is 0 Å². The highest BCUT2D eigenvalue weighted by Crippen LogP contribution is 2.43. The lowest BCUT2D eigenvalue weighted by atomic mass is 9.92. The van der Waals surface area contributed by atoms with E-state index in [0.717, 1.165) is 24.8 Å². The zero-order chi connectivity index (χ0) is 18.0. The molecule has 1 aromatic heterocycles. The molecule has 1 aliphatic carbocycles. The van der Waals surface area contributed by atoms with Crippen LogP contribution in [0.3, 0.4) is 0 Å². The van der Waals surface area contributed by atoms with Gasteiger partial charge in [-0.3, -0.25) is 4.79 Å². The lowest BCUT2D eigenvalue weighted by Gasteiger charge is -2.22. The van der Waals surface area contributed by atoms with Gasteiger partial charge in [0.15, 0.2) is 0 Å². The van der Waals surface area contributed by atoms with Gasteiger partial charge < -0.3 is 9.73 Å². The van der Waals surface area contributed by atoms with Gasteiger partial charge in [-0.1, -0.05) is 37.6 Å². The lowest BCUT2D eigenvalue weighted by molar-refractivity contribution is -0.124. The summed E-state index contributed by atoms with van der Waals surface area (Å²) in [6.45, 7) is 5.98. The summed E-state index contributed by atoms with van der Waals surface area (Å²) in [4.78, 5) is 13.0. The second-order valence-corrected chi connectivity index (χ2v) is 7.65. The van der Waals surface area contributed by atoms with E-state index in [1.165, 1.54) is 0 Å². The van der Waals surface area contributed by atoms with Crippen molar-refractivity contribution >= 4 is 17.5 Å². The Hall–Kier alpha value is -1.88. The Morgan fingerprint density at radius 2 is 1.96 bits per heavy atom. The summed E-state index contributed by atoms with van der Waals surface area (Å²) < 4.78 is 5.57. The molecule has 1 N–H and O–H groups in total. The Labute approximate surface area is 153 Å². The molecule has 1 fully saturated rings. The van der Waals surface area contributed by atoms with Gasteiger partial charge in [-0.2, -0.15) is 0 Å². The van der Waals surface area contributed by atoms with E-state index < -0.39 is 0 Å². The predicted molar refractivity (Wildman–Crippen MR) is 96.3 cm³/mol. The average Bonchev–Trinajstić information content (AvgIpc) is 3.28. The summed E-state index contributed by atoms with van der Waals surface area (Å²) >= 11 is 5.99. The van der Waals surface area contributed by atoms with Crippen molar-refractivity contribution in [1.82, 2.24) is 15.5 Å². The quantitative estimate of drug-likeness (QED) is 0.792. The third-order valence-corrected chi connectivity index (χ3v) is 4.72. The summed E-state index contributed by atoms with van der Waals surface area (Å²) in [5.41, 5.74) is 1.01. The fraction of sp³-hybridized carbons (Fsp3) is 0.526. The van der Waals surface area contributed by atoms with Crippen LogP contribution >= 0.6 is 11.6 Å². The van der Waals surface area contributed by atoms with E-state index in [2.05, 4.69) is 29.4 Å². The SMILES string of the molecule is Cc1nnc(C(CC(C)C)NC(=O)C(c2ccc(Cl)cc2)C2CC2)o1. The van der Waals surface area contributed by atoms with E-state index in [1.54, 1.807) is 6.92 Å². The van der Waals surface area contributed by atoms with Crippen LogP contribution in [0, 0.1) is 18.8 Å². The molecule has 1 saturated carbocycles. The van der Waals surface area contributed by atoms with Gasteiger partial charge in [0.1, 0.15) is 6.04 Å². The van der Waals surface area contributed by atoms with Crippen LogP contribution in [-0.2, 0) is 4.79 Å². The second kappa shape index (κ2) is 7.56. The molecule has 134 valence electrons. The van der Waals surface area contributed by atoms with Gasteiger partial charge >= 0.3 is 0 Å². The van der Waals surface area contributed by atoms with Crippen LogP contribution in [-0.4, -0.2) is 16.1 Å². The number of aromatic nitrogens is 2. The van der Waals surface area contributed by atoms with Gasteiger partial charge in [-0.05, 0) is 48.8 Å². The van der Waals surface area contributed by atoms with E-state index in [-0.39, 0.29) is 17.9 Å². The minimum Gasteiger partial charge on any atom is -0.423 e. The van der Waals surface area contributed by atoms with Crippen LogP contribution < -0.4 is 5.32 Å². The van der Waals surface area contributed by atoms with E-state index in [4.69, 9.17) is 16.0 Å². The molecule has 5 nitrogen and oxygen atoms in total. The van der Waals surface area contributed by atoms with Gasteiger partial charge in [0.25, 0.3) is 0 Å². The van der Waals surface area contributed by atoms with E-state index >= 15 is 0 Å². The lowest BCUT2D eigenvalue weighted by Crippen LogP contribution is -2.34. The zero-order valence-electron chi connectivity index (χ0n) is 14.8. The van der Waals surface area contributed by atoms with Crippen LogP contribution in [0.25, 0.3) is 0 Å². The summed E-state index contributed by atoms with van der Waals surface area (Å²) in [5.74, 6) is 1.64. The maximum absolute atomic E-state index is 13.0. The van der Waals surface area contributed by atoms with Crippen LogP contribution in [0.5, 0.6) is 0 Å². The first-order valence-corrected chi connectivity index (χ1v) is 9.17. The normalized spacial score (nSPS) is 16.7. The van der Waals surface area contributed by atoms with E-state index in [9.17, 15) is 4.79 Å². The van der Waals surface area contributed by atoms with Gasteiger partial charge in [0, 0.05) is 11.9 Å². The molecule has 0 saturated heterocycles. The number of rotatable bonds is 7. The largest absolute Gasteiger partial charge is 0.423 e. The Bertz CT molecular complexity index is 723. The third-order valence-electron chi connectivity index (χ3n) is 4.47. The Kier molecular flexibility index (Phi) is 5.42. The topological polar surface area (TPSA) is 68.0 Å². The molecule has 3 rings (SSSR count). The van der Waals surface area contributed by atoms with Gasteiger partial charge in [-0.15, -0.1) is 10.2 Å². The number of nitrogens with zero attached hydrogens (tertiary/aromatic N) is 2. The van der Waals surface area contributed by atoms with E-state index in [0.29, 0.717) is 28.6 Å². The number of nitrogens with one attached hydrogen (secondary N) is 1. The molecule has 0 spiro atoms. The third kappa shape index (κ3) is 4.60. The van der Waals surface area contributed by atoms with Crippen LogP contribution in [0.2, 0.25) is 5.02 Å². The molecule has 25 heavy (non-hydrogen) atoms. The first kappa shape index (κ1) is 17.9. The molecule has 0 bridgehead atoms. The molecule has 1 amide bonds. The van der Waals surface area contributed by atoms with Gasteiger partial charge in [0.05, 0.1) is 5.92 Å². The molecule has 0 aliphatic heterocycles. The molecule has 1 aliphatic rings. The van der Waals surface area contributed by atoms with Crippen LogP contribution in [0.15, 0.2) is 28.7 Å². The second-order valence-electron chi connectivity index (χ2n) is 7.22. The Morgan fingerprint density at radius 1 is 1.28 bits per heavy atom. The molecular formula is C19H24ClN3O2. The predicted octanol–water partition coefficient (Wildman–Crippen LogP) is 4.43. The number of amides is 1. The maximum Gasteiger partial charge on any atom is 0.238 e. The molecular weight excluding hydrogens is 338 g/mol. The van der Waals surface area contributed by atoms with Crippen LogP contribution in [0.1, 0.15) is 62.4 Å². The molecule has 2 atom stereocenters. The number of carbonyl (C=O) groups excluding carboxylic acids is 1. The highest BCUT2D eigenvalue weighted by molar-refractivity contribution is 6.30. The zero-order valence-corrected chi connectivity index (χ0v) is 15.6. The fourth-order valence-electron chi connectivity index (χ4n) is 3.14. The number of benzene rings is 1. The van der Waals surface area contributed by atoms with Gasteiger partial charge in [-0.25, -0.2) is 0 Å². The summed E-state index contributed by atoms with van der Waals surface area (Å²) in [5, 5.41) is 11.8. The highest BCUT2D eigenvalue weighted by Gasteiger charge is 2.38. The monoisotopic (exact) mass is 361 g/mol. The summed E-state index contributed by atoms with van der Waals surface area (Å²) in [7, 11) is 0. The van der Waals surface area contributed by atoms with Crippen molar-refractivity contribution in [2.24, 2.45) is 11.8 Å². The molecule has 2 unspecified atom stereocenters. The fourth-order valence-corrected chi connectivity index (χ4v) is 3.27. The average molecular weight is 362 g/mol. The number of aryl methyl sites for hydroxylation is 1. The smallest absolute Gasteiger partial charge is 0.238 e. The number of carbonyl (C=O) groups is 1. The Morgan fingerprint density at radius 3 is 2.48 bits per heavy atom. The van der Waals surface area contributed by atoms with Crippen molar-refractivity contribution in [2.75, 3.05) is 0 Å². The van der Waals surface area contributed by atoms with Crippen LogP contribution in [0.4, 0.5) is 0 Å². The maximum atomic E-state index is 13.0. The first-order valence-electron chi connectivity index (χ1n) is 8.80. The summed E-state index contributed by atoms with van der Waals surface area (Å²) in [6, 6.07) is 7.31. The summed E-state index contributed by atoms with van der Waals surface area (Å²) in [6.07, 6.45) is 2.91.